The van der Waals surface area contributed by atoms with Gasteiger partial charge in [0.25, 0.3) is 5.91 Å². The van der Waals surface area contributed by atoms with Gasteiger partial charge in [0.1, 0.15) is 5.75 Å². The van der Waals surface area contributed by atoms with E-state index >= 15 is 0 Å². The van der Waals surface area contributed by atoms with E-state index in [4.69, 9.17) is 4.74 Å². The summed E-state index contributed by atoms with van der Waals surface area (Å²) < 4.78 is 5.74. The van der Waals surface area contributed by atoms with Crippen molar-refractivity contribution in [1.82, 2.24) is 5.32 Å². The summed E-state index contributed by atoms with van der Waals surface area (Å²) in [5.74, 6) is 0.763. The van der Waals surface area contributed by atoms with Crippen LogP contribution < -0.4 is 10.1 Å². The lowest BCUT2D eigenvalue weighted by atomic mass is 10.1. The van der Waals surface area contributed by atoms with Crippen LogP contribution in [0, 0.1) is 0 Å². The molecule has 2 rings (SSSR count). The summed E-state index contributed by atoms with van der Waals surface area (Å²) in [7, 11) is 0. The van der Waals surface area contributed by atoms with Crippen LogP contribution in [0.3, 0.4) is 0 Å². The van der Waals surface area contributed by atoms with Crippen molar-refractivity contribution in [1.29, 1.82) is 0 Å². The van der Waals surface area contributed by atoms with E-state index in [2.05, 4.69) is 12.2 Å². The molecule has 0 aliphatic carbocycles. The number of unbranched alkanes of at least 4 members (excludes halogenated alkanes) is 5. The van der Waals surface area contributed by atoms with Crippen molar-refractivity contribution in [3.05, 3.63) is 65.7 Å². The van der Waals surface area contributed by atoms with Gasteiger partial charge >= 0.3 is 0 Å². The third kappa shape index (κ3) is 7.42. The molecule has 0 saturated carbocycles. The van der Waals surface area contributed by atoms with Crippen LogP contribution in [0.4, 0.5) is 0 Å². The molecule has 0 aromatic heterocycles. The van der Waals surface area contributed by atoms with Crippen molar-refractivity contribution >= 4 is 5.91 Å². The lowest BCUT2D eigenvalue weighted by molar-refractivity contribution is 0.0951. The standard InChI is InChI=1S/C22H29NO2/c1-2-3-4-5-6-10-17-25-21-15-13-20(14-16-21)22(24)23-18-19-11-8-7-9-12-19/h7-9,11-16H,2-6,10,17-18H2,1H3,(H,23,24). The lowest BCUT2D eigenvalue weighted by Gasteiger charge is -2.08. The normalized spacial score (nSPS) is 10.4. The van der Waals surface area contributed by atoms with Crippen LogP contribution in [0.1, 0.15) is 61.4 Å². The van der Waals surface area contributed by atoms with Gasteiger partial charge in [-0.15, -0.1) is 0 Å². The summed E-state index contributed by atoms with van der Waals surface area (Å²) in [5, 5.41) is 2.93. The molecule has 0 fully saturated rings. The molecule has 2 aromatic rings. The fourth-order valence-corrected chi connectivity index (χ4v) is 2.66. The van der Waals surface area contributed by atoms with Crippen LogP contribution >= 0.6 is 0 Å². The molecular weight excluding hydrogens is 310 g/mol. The van der Waals surface area contributed by atoms with E-state index in [-0.39, 0.29) is 5.91 Å². The predicted octanol–water partition coefficient (Wildman–Crippen LogP) is 5.36. The van der Waals surface area contributed by atoms with Crippen molar-refractivity contribution in [2.24, 2.45) is 0 Å². The molecule has 0 spiro atoms. The molecule has 25 heavy (non-hydrogen) atoms. The van der Waals surface area contributed by atoms with Gasteiger partial charge < -0.3 is 10.1 Å². The summed E-state index contributed by atoms with van der Waals surface area (Å²) in [5.41, 5.74) is 1.75. The van der Waals surface area contributed by atoms with E-state index in [1.54, 1.807) is 0 Å². The minimum Gasteiger partial charge on any atom is -0.494 e. The molecule has 0 atom stereocenters. The topological polar surface area (TPSA) is 38.3 Å². The second-order valence-electron chi connectivity index (χ2n) is 6.31. The molecule has 134 valence electrons. The molecule has 0 aliphatic rings. The first-order valence-corrected chi connectivity index (χ1v) is 9.34. The van der Waals surface area contributed by atoms with E-state index < -0.39 is 0 Å². The van der Waals surface area contributed by atoms with Crippen LogP contribution in [0.2, 0.25) is 0 Å². The number of rotatable bonds is 11. The van der Waals surface area contributed by atoms with Crippen molar-refractivity contribution in [3.63, 3.8) is 0 Å². The number of ether oxygens (including phenoxy) is 1. The Morgan fingerprint density at radius 2 is 1.56 bits per heavy atom. The molecular formula is C22H29NO2. The number of amides is 1. The fraction of sp³-hybridized carbons (Fsp3) is 0.409. The average Bonchev–Trinajstić information content (AvgIpc) is 2.67. The first kappa shape index (κ1) is 19.0. The third-order valence-corrected chi connectivity index (χ3v) is 4.18. The predicted molar refractivity (Wildman–Crippen MR) is 103 cm³/mol. The van der Waals surface area contributed by atoms with E-state index in [9.17, 15) is 4.79 Å². The Morgan fingerprint density at radius 3 is 2.28 bits per heavy atom. The largest absolute Gasteiger partial charge is 0.494 e. The Labute approximate surface area is 151 Å². The van der Waals surface area contributed by atoms with Crippen molar-refractivity contribution < 1.29 is 9.53 Å². The second kappa shape index (κ2) is 11.3. The first-order chi connectivity index (χ1) is 12.3. The Kier molecular flexibility index (Phi) is 8.60. The van der Waals surface area contributed by atoms with E-state index in [0.717, 1.165) is 24.3 Å². The highest BCUT2D eigenvalue weighted by Gasteiger charge is 2.05. The smallest absolute Gasteiger partial charge is 0.251 e. The fourth-order valence-electron chi connectivity index (χ4n) is 2.66. The molecule has 2 aromatic carbocycles. The highest BCUT2D eigenvalue weighted by atomic mass is 16.5. The Bertz CT molecular complexity index is 608. The molecule has 0 heterocycles. The highest BCUT2D eigenvalue weighted by molar-refractivity contribution is 5.94. The number of hydrogen-bond acceptors (Lipinski definition) is 2. The summed E-state index contributed by atoms with van der Waals surface area (Å²) in [6.45, 7) is 3.51. The molecule has 3 heteroatoms. The Morgan fingerprint density at radius 1 is 0.880 bits per heavy atom. The highest BCUT2D eigenvalue weighted by Crippen LogP contribution is 2.13. The van der Waals surface area contributed by atoms with E-state index in [0.29, 0.717) is 12.1 Å². The molecule has 0 bridgehead atoms. The molecule has 3 nitrogen and oxygen atoms in total. The summed E-state index contributed by atoms with van der Waals surface area (Å²) in [6.07, 6.45) is 7.53. The van der Waals surface area contributed by atoms with Gasteiger partial charge in [0.05, 0.1) is 6.61 Å². The SMILES string of the molecule is CCCCCCCCOc1ccc(C(=O)NCc2ccccc2)cc1. The van der Waals surface area contributed by atoms with Crippen molar-refractivity contribution in [3.8, 4) is 5.75 Å². The van der Waals surface area contributed by atoms with Gasteiger partial charge in [-0.2, -0.15) is 0 Å². The number of hydrogen-bond donors (Lipinski definition) is 1. The quantitative estimate of drug-likeness (QED) is 0.560. The maximum absolute atomic E-state index is 12.2. The van der Waals surface area contributed by atoms with Gasteiger partial charge in [0.15, 0.2) is 0 Å². The van der Waals surface area contributed by atoms with Gasteiger partial charge in [0.2, 0.25) is 0 Å². The Balaban J connectivity index is 1.67. The monoisotopic (exact) mass is 339 g/mol. The first-order valence-electron chi connectivity index (χ1n) is 9.34. The van der Waals surface area contributed by atoms with Gasteiger partial charge in [-0.3, -0.25) is 4.79 Å². The molecule has 0 unspecified atom stereocenters. The molecule has 1 amide bonds. The molecule has 1 N–H and O–H groups in total. The molecule has 0 aliphatic heterocycles. The van der Waals surface area contributed by atoms with E-state index in [1.807, 2.05) is 54.6 Å². The van der Waals surface area contributed by atoms with Gasteiger partial charge in [-0.25, -0.2) is 0 Å². The maximum atomic E-state index is 12.2. The van der Waals surface area contributed by atoms with Crippen LogP contribution in [-0.4, -0.2) is 12.5 Å². The number of carbonyl (C=O) groups is 1. The van der Waals surface area contributed by atoms with Gasteiger partial charge in [-0.1, -0.05) is 69.4 Å². The molecule has 0 radical (unpaired) electrons. The zero-order chi connectivity index (χ0) is 17.7. The zero-order valence-corrected chi connectivity index (χ0v) is 15.2. The summed E-state index contributed by atoms with van der Waals surface area (Å²) in [4.78, 5) is 12.2. The summed E-state index contributed by atoms with van der Waals surface area (Å²) >= 11 is 0. The third-order valence-electron chi connectivity index (χ3n) is 4.18. The number of carbonyl (C=O) groups excluding carboxylic acids is 1. The van der Waals surface area contributed by atoms with Crippen molar-refractivity contribution in [2.75, 3.05) is 6.61 Å². The minimum atomic E-state index is -0.0636. The lowest BCUT2D eigenvalue weighted by Crippen LogP contribution is -2.22. The average molecular weight is 339 g/mol. The Hall–Kier alpha value is -2.29. The number of benzene rings is 2. The minimum absolute atomic E-state index is 0.0636. The zero-order valence-electron chi connectivity index (χ0n) is 15.2. The van der Waals surface area contributed by atoms with Crippen LogP contribution in [-0.2, 0) is 6.54 Å². The molecule has 0 saturated heterocycles. The van der Waals surface area contributed by atoms with Crippen LogP contribution in [0.15, 0.2) is 54.6 Å². The summed E-state index contributed by atoms with van der Waals surface area (Å²) in [6, 6.07) is 17.3. The number of nitrogens with one attached hydrogen (secondary N) is 1. The van der Waals surface area contributed by atoms with Gasteiger partial charge in [-0.05, 0) is 36.2 Å². The second-order valence-corrected chi connectivity index (χ2v) is 6.31. The van der Waals surface area contributed by atoms with E-state index in [1.165, 1.54) is 32.1 Å². The van der Waals surface area contributed by atoms with Crippen LogP contribution in [0.5, 0.6) is 5.75 Å². The maximum Gasteiger partial charge on any atom is 0.251 e. The van der Waals surface area contributed by atoms with Crippen molar-refractivity contribution in [2.45, 2.75) is 52.0 Å². The van der Waals surface area contributed by atoms with Gasteiger partial charge in [0, 0.05) is 12.1 Å². The van der Waals surface area contributed by atoms with Crippen LogP contribution in [0.25, 0.3) is 0 Å².